The van der Waals surface area contributed by atoms with Crippen LogP contribution in [0.1, 0.15) is 33.1 Å². The molecular weight excluding hydrogens is 120 g/mol. The summed E-state index contributed by atoms with van der Waals surface area (Å²) in [7, 11) is 0. The minimum Gasteiger partial charge on any atom is -0.0819 e. The van der Waals surface area contributed by atoms with E-state index in [0.717, 1.165) is 17.8 Å². The zero-order valence-corrected chi connectivity index (χ0v) is 6.93. The molecule has 0 aromatic carbocycles. The van der Waals surface area contributed by atoms with Crippen LogP contribution in [0.3, 0.4) is 0 Å². The van der Waals surface area contributed by atoms with Gasteiger partial charge >= 0.3 is 0 Å². The Bertz CT molecular complexity index is 167. The lowest BCUT2D eigenvalue weighted by Gasteiger charge is -2.14. The monoisotopic (exact) mass is 136 g/mol. The number of rotatable bonds is 0. The van der Waals surface area contributed by atoms with Gasteiger partial charge < -0.3 is 0 Å². The van der Waals surface area contributed by atoms with Crippen molar-refractivity contribution in [3.63, 3.8) is 0 Å². The summed E-state index contributed by atoms with van der Waals surface area (Å²) in [5.74, 6) is 2.89. The van der Waals surface area contributed by atoms with E-state index in [9.17, 15) is 0 Å². The highest BCUT2D eigenvalue weighted by molar-refractivity contribution is 5.16. The van der Waals surface area contributed by atoms with E-state index in [2.05, 4.69) is 19.9 Å². The van der Waals surface area contributed by atoms with Gasteiger partial charge in [0.1, 0.15) is 0 Å². The zero-order chi connectivity index (χ0) is 7.14. The van der Waals surface area contributed by atoms with Crippen LogP contribution in [0.2, 0.25) is 0 Å². The fourth-order valence-electron chi connectivity index (χ4n) is 2.67. The molecule has 0 bridgehead atoms. The van der Waals surface area contributed by atoms with Gasteiger partial charge in [0.05, 0.1) is 0 Å². The summed E-state index contributed by atoms with van der Waals surface area (Å²) in [5.41, 5.74) is 1.65. The molecule has 0 saturated heterocycles. The van der Waals surface area contributed by atoms with Crippen LogP contribution in [-0.2, 0) is 0 Å². The third-order valence-corrected chi connectivity index (χ3v) is 3.46. The molecule has 56 valence electrons. The summed E-state index contributed by atoms with van der Waals surface area (Å²) in [6.45, 7) is 4.69. The minimum atomic E-state index is 0.896. The molecule has 3 atom stereocenters. The molecule has 0 N–H and O–H groups in total. The van der Waals surface area contributed by atoms with E-state index in [0.29, 0.717) is 0 Å². The van der Waals surface area contributed by atoms with Crippen molar-refractivity contribution in [2.45, 2.75) is 33.1 Å². The van der Waals surface area contributed by atoms with Crippen molar-refractivity contribution < 1.29 is 0 Å². The maximum Gasteiger partial charge on any atom is -0.0197 e. The molecule has 2 aliphatic rings. The Hall–Kier alpha value is -0.260. The second-order valence-corrected chi connectivity index (χ2v) is 3.96. The maximum atomic E-state index is 2.52. The van der Waals surface area contributed by atoms with Crippen LogP contribution in [0.5, 0.6) is 0 Å². The predicted octanol–water partition coefficient (Wildman–Crippen LogP) is 3.00. The van der Waals surface area contributed by atoms with E-state index in [1.54, 1.807) is 5.57 Å². The SMILES string of the molecule is CC1=CC2CCCC2C1C. The third kappa shape index (κ3) is 0.744. The van der Waals surface area contributed by atoms with Gasteiger partial charge in [-0.25, -0.2) is 0 Å². The average Bonchev–Trinajstić information content (AvgIpc) is 2.41. The van der Waals surface area contributed by atoms with Crippen molar-refractivity contribution in [2.24, 2.45) is 17.8 Å². The molecule has 0 heteroatoms. The molecular formula is C10H16. The Morgan fingerprint density at radius 3 is 2.90 bits per heavy atom. The lowest BCUT2D eigenvalue weighted by molar-refractivity contribution is 0.393. The molecule has 0 nitrogen and oxygen atoms in total. The van der Waals surface area contributed by atoms with Crippen LogP contribution in [0, 0.1) is 17.8 Å². The highest BCUT2D eigenvalue weighted by Crippen LogP contribution is 2.45. The average molecular weight is 136 g/mol. The summed E-state index contributed by atoms with van der Waals surface area (Å²) in [6.07, 6.45) is 6.94. The topological polar surface area (TPSA) is 0 Å². The highest BCUT2D eigenvalue weighted by Gasteiger charge is 2.35. The van der Waals surface area contributed by atoms with Crippen molar-refractivity contribution in [3.8, 4) is 0 Å². The van der Waals surface area contributed by atoms with Gasteiger partial charge in [-0.2, -0.15) is 0 Å². The molecule has 2 aliphatic carbocycles. The first-order chi connectivity index (χ1) is 4.79. The normalized spacial score (nSPS) is 45.4. The minimum absolute atomic E-state index is 0.896. The Kier molecular flexibility index (Phi) is 1.36. The molecule has 2 rings (SSSR count). The molecule has 1 fully saturated rings. The number of fused-ring (bicyclic) bond motifs is 1. The van der Waals surface area contributed by atoms with Gasteiger partial charge in [0.15, 0.2) is 0 Å². The summed E-state index contributed by atoms with van der Waals surface area (Å²) in [5, 5.41) is 0. The zero-order valence-electron chi connectivity index (χ0n) is 6.93. The Labute approximate surface area is 63.3 Å². The van der Waals surface area contributed by atoms with Crippen molar-refractivity contribution >= 4 is 0 Å². The molecule has 10 heavy (non-hydrogen) atoms. The van der Waals surface area contributed by atoms with Gasteiger partial charge in [-0.1, -0.05) is 25.0 Å². The molecule has 0 amide bonds. The van der Waals surface area contributed by atoms with Gasteiger partial charge in [-0.05, 0) is 37.5 Å². The lowest BCUT2D eigenvalue weighted by Crippen LogP contribution is -2.07. The van der Waals surface area contributed by atoms with Gasteiger partial charge in [-0.15, -0.1) is 0 Å². The molecule has 0 aromatic heterocycles. The number of hydrogen-bond donors (Lipinski definition) is 0. The van der Waals surface area contributed by atoms with Crippen LogP contribution in [0.4, 0.5) is 0 Å². The van der Waals surface area contributed by atoms with Gasteiger partial charge in [0.2, 0.25) is 0 Å². The van der Waals surface area contributed by atoms with E-state index in [1.807, 2.05) is 0 Å². The molecule has 0 heterocycles. The fourth-order valence-corrected chi connectivity index (χ4v) is 2.67. The van der Waals surface area contributed by atoms with Crippen LogP contribution in [0.15, 0.2) is 11.6 Å². The molecule has 1 saturated carbocycles. The second-order valence-electron chi connectivity index (χ2n) is 3.96. The molecule has 0 spiro atoms. The van der Waals surface area contributed by atoms with E-state index < -0.39 is 0 Å². The first-order valence-corrected chi connectivity index (χ1v) is 4.47. The standard InChI is InChI=1S/C10H16/c1-7-6-9-4-3-5-10(9)8(7)2/h6,8-10H,3-5H2,1-2H3. The fraction of sp³-hybridized carbons (Fsp3) is 0.800. The van der Waals surface area contributed by atoms with Crippen LogP contribution in [0.25, 0.3) is 0 Å². The largest absolute Gasteiger partial charge is 0.0819 e. The molecule has 3 unspecified atom stereocenters. The lowest BCUT2D eigenvalue weighted by atomic mass is 9.90. The van der Waals surface area contributed by atoms with Crippen LogP contribution in [-0.4, -0.2) is 0 Å². The third-order valence-electron chi connectivity index (χ3n) is 3.46. The van der Waals surface area contributed by atoms with E-state index in [4.69, 9.17) is 0 Å². The maximum absolute atomic E-state index is 2.52. The summed E-state index contributed by atoms with van der Waals surface area (Å²) in [6, 6.07) is 0. The molecule has 0 aromatic rings. The van der Waals surface area contributed by atoms with Crippen molar-refractivity contribution in [3.05, 3.63) is 11.6 Å². The van der Waals surface area contributed by atoms with Gasteiger partial charge in [0, 0.05) is 0 Å². The Morgan fingerprint density at radius 1 is 1.40 bits per heavy atom. The Balaban J connectivity index is 2.20. The van der Waals surface area contributed by atoms with Crippen LogP contribution < -0.4 is 0 Å². The molecule has 0 radical (unpaired) electrons. The van der Waals surface area contributed by atoms with Gasteiger partial charge in [-0.3, -0.25) is 0 Å². The van der Waals surface area contributed by atoms with Crippen molar-refractivity contribution in [1.29, 1.82) is 0 Å². The first kappa shape index (κ1) is 6.45. The highest BCUT2D eigenvalue weighted by atomic mass is 14.4. The van der Waals surface area contributed by atoms with E-state index >= 15 is 0 Å². The number of allylic oxidation sites excluding steroid dienone is 2. The van der Waals surface area contributed by atoms with E-state index in [1.165, 1.54) is 19.3 Å². The van der Waals surface area contributed by atoms with Crippen molar-refractivity contribution in [1.82, 2.24) is 0 Å². The second kappa shape index (κ2) is 2.11. The predicted molar refractivity (Wildman–Crippen MR) is 43.8 cm³/mol. The Morgan fingerprint density at radius 2 is 2.20 bits per heavy atom. The number of hydrogen-bond acceptors (Lipinski definition) is 0. The summed E-state index contributed by atoms with van der Waals surface area (Å²) >= 11 is 0. The summed E-state index contributed by atoms with van der Waals surface area (Å²) < 4.78 is 0. The molecule has 0 aliphatic heterocycles. The van der Waals surface area contributed by atoms with Crippen LogP contribution >= 0.6 is 0 Å². The van der Waals surface area contributed by atoms with Gasteiger partial charge in [0.25, 0.3) is 0 Å². The van der Waals surface area contributed by atoms with Crippen molar-refractivity contribution in [2.75, 3.05) is 0 Å². The quantitative estimate of drug-likeness (QED) is 0.449. The first-order valence-electron chi connectivity index (χ1n) is 4.47. The van der Waals surface area contributed by atoms with E-state index in [-0.39, 0.29) is 0 Å². The summed E-state index contributed by atoms with van der Waals surface area (Å²) in [4.78, 5) is 0. The smallest absolute Gasteiger partial charge is 0.0197 e.